The summed E-state index contributed by atoms with van der Waals surface area (Å²) in [5.74, 6) is -2.23. The maximum atomic E-state index is 13.1. The lowest BCUT2D eigenvalue weighted by Gasteiger charge is -2.21. The van der Waals surface area contributed by atoms with Gasteiger partial charge in [-0.1, -0.05) is 304 Å². The Kier molecular flexibility index (Phi) is 73.7. The van der Waals surface area contributed by atoms with Crippen LogP contribution in [0.15, 0.2) is 109 Å². The van der Waals surface area contributed by atoms with Crippen molar-refractivity contribution in [2.24, 2.45) is 0 Å². The molecule has 5 atom stereocenters. The fraction of sp³-hybridized carbons (Fsp3) is 0.741. The van der Waals surface area contributed by atoms with E-state index in [0.717, 1.165) is 161 Å². The van der Waals surface area contributed by atoms with E-state index in [2.05, 4.69) is 137 Å². The summed E-state index contributed by atoms with van der Waals surface area (Å²) in [6.45, 7) is 4.62. The molecule has 0 saturated carbocycles. The molecule has 0 aliphatic heterocycles. The van der Waals surface area contributed by atoms with Gasteiger partial charge in [0.05, 0.1) is 26.4 Å². The van der Waals surface area contributed by atoms with Crippen molar-refractivity contribution in [3.63, 3.8) is 0 Å². The van der Waals surface area contributed by atoms with Crippen LogP contribution in [-0.4, -0.2) is 96.7 Å². The van der Waals surface area contributed by atoms with Gasteiger partial charge in [-0.25, -0.2) is 9.13 Å². The molecule has 600 valence electrons. The minimum atomic E-state index is -4.99. The van der Waals surface area contributed by atoms with Crippen molar-refractivity contribution in [3.05, 3.63) is 109 Å². The quantitative estimate of drug-likeness (QED) is 0.0169. The van der Waals surface area contributed by atoms with Crippen molar-refractivity contribution < 1.29 is 80.2 Å². The molecule has 0 aliphatic carbocycles. The molecule has 0 aromatic rings. The fourth-order valence-electron chi connectivity index (χ4n) is 11.0. The van der Waals surface area contributed by atoms with Gasteiger partial charge in [-0.05, 0) is 128 Å². The predicted molar refractivity (Wildman–Crippen MR) is 427 cm³/mol. The first-order chi connectivity index (χ1) is 50.7. The molecular formula is C85H148O17P2. The van der Waals surface area contributed by atoms with Crippen LogP contribution < -0.4 is 0 Å². The molecule has 0 amide bonds. The van der Waals surface area contributed by atoms with E-state index in [4.69, 9.17) is 37.0 Å². The Bertz CT molecular complexity index is 2390. The minimum Gasteiger partial charge on any atom is -0.462 e. The largest absolute Gasteiger partial charge is 0.472 e. The number of hydrogen-bond donors (Lipinski definition) is 3. The number of carbonyl (C=O) groups excluding carboxylic acids is 4. The Balaban J connectivity index is 5.39. The third-order valence-electron chi connectivity index (χ3n) is 17.2. The van der Waals surface area contributed by atoms with Crippen LogP contribution >= 0.6 is 15.6 Å². The molecule has 104 heavy (non-hydrogen) atoms. The summed E-state index contributed by atoms with van der Waals surface area (Å²) >= 11 is 0. The van der Waals surface area contributed by atoms with Gasteiger partial charge in [-0.3, -0.25) is 37.3 Å². The molecule has 5 unspecified atom stereocenters. The lowest BCUT2D eigenvalue weighted by Crippen LogP contribution is -2.30. The van der Waals surface area contributed by atoms with Gasteiger partial charge in [0.15, 0.2) is 12.2 Å². The van der Waals surface area contributed by atoms with Gasteiger partial charge in [0, 0.05) is 25.7 Å². The normalized spacial score (nSPS) is 14.4. The topological polar surface area (TPSA) is 237 Å². The molecule has 19 heteroatoms. The zero-order valence-electron chi connectivity index (χ0n) is 65.7. The number of esters is 4. The molecular weight excluding hydrogens is 1350 g/mol. The van der Waals surface area contributed by atoms with Crippen molar-refractivity contribution in [1.82, 2.24) is 0 Å². The number of phosphoric acid groups is 2. The van der Waals surface area contributed by atoms with Crippen LogP contribution in [0.4, 0.5) is 0 Å². The van der Waals surface area contributed by atoms with E-state index in [-0.39, 0.29) is 25.7 Å². The van der Waals surface area contributed by atoms with Gasteiger partial charge >= 0.3 is 39.5 Å². The van der Waals surface area contributed by atoms with Crippen molar-refractivity contribution >= 4 is 39.5 Å². The second-order valence-corrected chi connectivity index (χ2v) is 30.2. The van der Waals surface area contributed by atoms with Crippen LogP contribution in [0.25, 0.3) is 0 Å². The Morgan fingerprint density at radius 1 is 0.279 bits per heavy atom. The standard InChI is InChI=1S/C85H148O17P2/c1-5-9-13-17-21-25-29-33-37-38-39-40-44-46-50-54-58-62-66-70-83(88)96-76-81(102-85(90)72-68-64-60-56-52-48-43-36-32-28-24-20-16-12-8-4)78-100-104(93,94)98-74-79(86)73-97-103(91,92)99-77-80(101-84(89)71-67-63-59-55-51-47-42-35-31-27-23-19-15-11-7-3)75-95-82(87)69-65-61-57-53-49-45-41-34-30-26-22-18-14-10-6-2/h9,12-13,16,21,24-25,28,33-34,36-37,39-41,43,52,56,79-81,86H,5-8,10-11,14-15,17-20,22-23,26-27,29-32,35,38,42,44-51,53-55,57-78H2,1-4H3,(H,91,92)(H,93,94)/b13-9-,16-12-,25-21-,28-24-,37-33-,40-39-,41-34-,43-36-,56-52-. The van der Waals surface area contributed by atoms with E-state index in [0.29, 0.717) is 32.1 Å². The van der Waals surface area contributed by atoms with Crippen LogP contribution in [0.5, 0.6) is 0 Å². The van der Waals surface area contributed by atoms with Gasteiger partial charge in [-0.2, -0.15) is 0 Å². The van der Waals surface area contributed by atoms with E-state index in [1.54, 1.807) is 0 Å². The first-order valence-corrected chi connectivity index (χ1v) is 44.1. The van der Waals surface area contributed by atoms with Gasteiger partial charge in [0.25, 0.3) is 0 Å². The number of ether oxygens (including phenoxy) is 4. The summed E-state index contributed by atoms with van der Waals surface area (Å²) < 4.78 is 68.7. The Labute approximate surface area is 632 Å². The summed E-state index contributed by atoms with van der Waals surface area (Å²) in [5.41, 5.74) is 0. The van der Waals surface area contributed by atoms with E-state index >= 15 is 0 Å². The summed E-state index contributed by atoms with van der Waals surface area (Å²) in [7, 11) is -9.97. The molecule has 0 spiro atoms. The second kappa shape index (κ2) is 76.9. The van der Waals surface area contributed by atoms with Crippen LogP contribution in [0.1, 0.15) is 349 Å². The molecule has 0 fully saturated rings. The average Bonchev–Trinajstić information content (AvgIpc) is 0.918. The first-order valence-electron chi connectivity index (χ1n) is 41.1. The predicted octanol–water partition coefficient (Wildman–Crippen LogP) is 24.1. The highest BCUT2D eigenvalue weighted by atomic mass is 31.2. The Morgan fingerprint density at radius 2 is 0.500 bits per heavy atom. The molecule has 0 bridgehead atoms. The number of aliphatic hydroxyl groups is 1. The fourth-order valence-corrected chi connectivity index (χ4v) is 12.6. The van der Waals surface area contributed by atoms with Crippen molar-refractivity contribution in [2.45, 2.75) is 367 Å². The van der Waals surface area contributed by atoms with Gasteiger partial charge in [0.2, 0.25) is 0 Å². The first kappa shape index (κ1) is 99.7. The number of rotatable bonds is 77. The van der Waals surface area contributed by atoms with Crippen LogP contribution in [0.2, 0.25) is 0 Å². The van der Waals surface area contributed by atoms with Crippen LogP contribution in [-0.2, 0) is 65.4 Å². The third kappa shape index (κ3) is 75.9. The zero-order chi connectivity index (χ0) is 76.0. The monoisotopic (exact) mass is 1500 g/mol. The smallest absolute Gasteiger partial charge is 0.462 e. The molecule has 0 aliphatic rings. The molecule has 0 rings (SSSR count). The van der Waals surface area contributed by atoms with E-state index < -0.39 is 97.5 Å². The SMILES string of the molecule is CC/C=C\C/C=C\C/C=C\C/C=C\CCCCCCCCC(=O)OCC(COP(=O)(O)OCC(O)COP(=O)(O)OCC(COC(=O)CCCCCCC/C=C\CCCCCCCC)OC(=O)CCCCCCCCCCCCCCCCC)OC(=O)CCCC/C=C\C/C=C\C/C=C\C/C=C\CC. The summed E-state index contributed by atoms with van der Waals surface area (Å²) in [6, 6.07) is 0. The van der Waals surface area contributed by atoms with Crippen molar-refractivity contribution in [3.8, 4) is 0 Å². The zero-order valence-corrected chi connectivity index (χ0v) is 67.5. The Morgan fingerprint density at radius 3 is 0.798 bits per heavy atom. The minimum absolute atomic E-state index is 0.0381. The highest BCUT2D eigenvalue weighted by Crippen LogP contribution is 2.45. The van der Waals surface area contributed by atoms with Gasteiger partial charge in [-0.15, -0.1) is 0 Å². The number of aliphatic hydroxyl groups excluding tert-OH is 1. The van der Waals surface area contributed by atoms with Crippen LogP contribution in [0.3, 0.4) is 0 Å². The number of allylic oxidation sites excluding steroid dienone is 18. The molecule has 0 heterocycles. The van der Waals surface area contributed by atoms with Gasteiger partial charge < -0.3 is 33.8 Å². The highest BCUT2D eigenvalue weighted by Gasteiger charge is 2.30. The molecule has 0 aromatic carbocycles. The maximum Gasteiger partial charge on any atom is 0.472 e. The van der Waals surface area contributed by atoms with Gasteiger partial charge in [0.1, 0.15) is 19.3 Å². The van der Waals surface area contributed by atoms with Crippen molar-refractivity contribution in [2.75, 3.05) is 39.6 Å². The third-order valence-corrected chi connectivity index (χ3v) is 19.1. The summed E-state index contributed by atoms with van der Waals surface area (Å²) in [4.78, 5) is 73.1. The summed E-state index contributed by atoms with van der Waals surface area (Å²) in [6.07, 6.45) is 83.5. The average molecular weight is 1500 g/mol. The Hall–Kier alpha value is -4.28. The maximum absolute atomic E-state index is 13.1. The molecule has 17 nitrogen and oxygen atoms in total. The van der Waals surface area contributed by atoms with E-state index in [9.17, 15) is 43.2 Å². The molecule has 3 N–H and O–H groups in total. The summed E-state index contributed by atoms with van der Waals surface area (Å²) in [5, 5.41) is 10.7. The second-order valence-electron chi connectivity index (χ2n) is 27.3. The van der Waals surface area contributed by atoms with E-state index in [1.165, 1.54) is 103 Å². The number of carbonyl (C=O) groups is 4. The number of hydrogen-bond acceptors (Lipinski definition) is 15. The molecule has 0 radical (unpaired) electrons. The highest BCUT2D eigenvalue weighted by molar-refractivity contribution is 7.47. The molecule has 0 saturated heterocycles. The lowest BCUT2D eigenvalue weighted by molar-refractivity contribution is -0.161. The van der Waals surface area contributed by atoms with E-state index in [1.807, 2.05) is 0 Å². The lowest BCUT2D eigenvalue weighted by atomic mass is 10.0. The van der Waals surface area contributed by atoms with Crippen LogP contribution in [0, 0.1) is 0 Å². The van der Waals surface area contributed by atoms with Crippen molar-refractivity contribution in [1.29, 1.82) is 0 Å². The number of unbranched alkanes of at least 4 members (excludes halogenated alkanes) is 33. The molecule has 0 aromatic heterocycles. The number of phosphoric ester groups is 2.